The first-order valence-corrected chi connectivity index (χ1v) is 9.49. The van der Waals surface area contributed by atoms with Crippen molar-refractivity contribution >= 4 is 23.5 Å². The van der Waals surface area contributed by atoms with Gasteiger partial charge in [0.25, 0.3) is 0 Å². The Morgan fingerprint density at radius 1 is 0.577 bits per heavy atom. The van der Waals surface area contributed by atoms with Crippen molar-refractivity contribution in [1.82, 2.24) is 0 Å². The summed E-state index contributed by atoms with van der Waals surface area (Å²) < 4.78 is 0. The van der Waals surface area contributed by atoms with E-state index in [2.05, 4.69) is 98.7 Å². The lowest BCUT2D eigenvalue weighted by Gasteiger charge is -2.19. The Hall–Kier alpha value is -2.48. The van der Waals surface area contributed by atoms with Gasteiger partial charge in [0.1, 0.15) is 0 Å². The van der Waals surface area contributed by atoms with Gasteiger partial charge in [-0.3, -0.25) is 0 Å². The minimum atomic E-state index is 1.18. The van der Waals surface area contributed by atoms with Gasteiger partial charge in [0.05, 0.1) is 0 Å². The summed E-state index contributed by atoms with van der Waals surface area (Å²) in [5, 5.41) is 0. The lowest BCUT2D eigenvalue weighted by atomic mass is 9.87. The maximum absolute atomic E-state index is 2.37. The maximum atomic E-state index is 2.37. The van der Waals surface area contributed by atoms with Crippen LogP contribution in [0.4, 0.5) is 11.4 Å². The number of allylic oxidation sites excluding steroid dienone is 2. The van der Waals surface area contributed by atoms with Gasteiger partial charge in [0.2, 0.25) is 0 Å². The average molecular weight is 347 g/mol. The van der Waals surface area contributed by atoms with Crippen LogP contribution in [0, 0.1) is 0 Å². The quantitative estimate of drug-likeness (QED) is 0.684. The second kappa shape index (κ2) is 8.27. The normalized spacial score (nSPS) is 17.5. The Morgan fingerprint density at radius 2 is 0.923 bits per heavy atom. The number of nitrogens with zero attached hydrogens (tertiary/aromatic N) is 2. The van der Waals surface area contributed by atoms with Gasteiger partial charge >= 0.3 is 0 Å². The second-order valence-electron chi connectivity index (χ2n) is 7.52. The zero-order valence-corrected chi connectivity index (χ0v) is 16.5. The fourth-order valence-corrected chi connectivity index (χ4v) is 3.42. The molecule has 0 atom stereocenters. The molecule has 0 unspecified atom stereocenters. The second-order valence-corrected chi connectivity index (χ2v) is 7.52. The predicted octanol–water partition coefficient (Wildman–Crippen LogP) is 5.86. The minimum Gasteiger partial charge on any atom is -0.378 e. The Morgan fingerprint density at radius 3 is 1.23 bits per heavy atom. The molecule has 0 aromatic heterocycles. The first kappa shape index (κ1) is 18.3. The molecule has 3 rings (SSSR count). The predicted molar refractivity (Wildman–Crippen MR) is 116 cm³/mol. The zero-order valence-electron chi connectivity index (χ0n) is 16.5. The van der Waals surface area contributed by atoms with E-state index in [1.807, 2.05) is 0 Å². The summed E-state index contributed by atoms with van der Waals surface area (Å²) >= 11 is 0. The van der Waals surface area contributed by atoms with Crippen molar-refractivity contribution in [2.24, 2.45) is 0 Å². The molecule has 0 spiro atoms. The molecule has 2 nitrogen and oxygen atoms in total. The van der Waals surface area contributed by atoms with E-state index in [9.17, 15) is 0 Å². The van der Waals surface area contributed by atoms with Crippen LogP contribution in [-0.2, 0) is 0 Å². The molecule has 1 aliphatic rings. The van der Waals surface area contributed by atoms with Gasteiger partial charge in [0, 0.05) is 39.6 Å². The van der Waals surface area contributed by atoms with Crippen LogP contribution in [0.5, 0.6) is 0 Å². The van der Waals surface area contributed by atoms with Crippen molar-refractivity contribution < 1.29 is 0 Å². The molecule has 2 aromatic carbocycles. The molecule has 2 aromatic rings. The molecular formula is C24H30N2. The molecule has 0 N–H and O–H groups in total. The highest BCUT2D eigenvalue weighted by Crippen LogP contribution is 2.32. The third-order valence-corrected chi connectivity index (χ3v) is 5.06. The summed E-state index contributed by atoms with van der Waals surface area (Å²) in [7, 11) is 8.32. The van der Waals surface area contributed by atoms with Crippen LogP contribution < -0.4 is 9.80 Å². The SMILES string of the molecule is CN(C)c1ccc(C=C2CCCCC2=Cc2ccc(N(C)C)cc2)cc1. The molecule has 1 saturated carbocycles. The first-order valence-electron chi connectivity index (χ1n) is 9.49. The van der Waals surface area contributed by atoms with E-state index in [0.29, 0.717) is 0 Å². The Bertz CT molecular complexity index is 708. The number of benzene rings is 2. The Kier molecular flexibility index (Phi) is 5.82. The standard InChI is InChI=1S/C24H30N2/c1-25(2)23-13-9-19(10-14-23)17-21-7-5-6-8-22(21)18-20-11-15-24(16-12-20)26(3)4/h9-18H,5-8H2,1-4H3. The minimum absolute atomic E-state index is 1.18. The fourth-order valence-electron chi connectivity index (χ4n) is 3.42. The largest absolute Gasteiger partial charge is 0.378 e. The number of hydrogen-bond acceptors (Lipinski definition) is 2. The van der Waals surface area contributed by atoms with E-state index in [1.54, 1.807) is 0 Å². The van der Waals surface area contributed by atoms with E-state index in [0.717, 1.165) is 0 Å². The van der Waals surface area contributed by atoms with Gasteiger partial charge in [-0.2, -0.15) is 0 Å². The van der Waals surface area contributed by atoms with Crippen LogP contribution in [0.1, 0.15) is 36.8 Å². The van der Waals surface area contributed by atoms with E-state index >= 15 is 0 Å². The molecular weight excluding hydrogens is 316 g/mol. The summed E-state index contributed by atoms with van der Waals surface area (Å²) in [5.74, 6) is 0. The number of hydrogen-bond donors (Lipinski definition) is 0. The Labute approximate surface area is 158 Å². The third-order valence-electron chi connectivity index (χ3n) is 5.06. The van der Waals surface area contributed by atoms with Crippen LogP contribution in [0.3, 0.4) is 0 Å². The van der Waals surface area contributed by atoms with Crippen LogP contribution in [-0.4, -0.2) is 28.2 Å². The topological polar surface area (TPSA) is 6.48 Å². The Balaban J connectivity index is 1.84. The number of anilines is 2. The summed E-state index contributed by atoms with van der Waals surface area (Å²) in [6.07, 6.45) is 9.68. The van der Waals surface area contributed by atoms with Gasteiger partial charge in [-0.15, -0.1) is 0 Å². The van der Waals surface area contributed by atoms with Crippen LogP contribution in [0.2, 0.25) is 0 Å². The maximum Gasteiger partial charge on any atom is 0.0361 e. The van der Waals surface area contributed by atoms with Crippen LogP contribution in [0.25, 0.3) is 12.2 Å². The van der Waals surface area contributed by atoms with Gasteiger partial charge < -0.3 is 9.80 Å². The molecule has 0 aliphatic heterocycles. The van der Waals surface area contributed by atoms with Crippen molar-refractivity contribution in [3.8, 4) is 0 Å². The smallest absolute Gasteiger partial charge is 0.0361 e. The number of rotatable bonds is 4. The highest BCUT2D eigenvalue weighted by molar-refractivity contribution is 5.68. The van der Waals surface area contributed by atoms with Crippen molar-refractivity contribution in [2.75, 3.05) is 38.0 Å². The van der Waals surface area contributed by atoms with Crippen LogP contribution >= 0.6 is 0 Å². The summed E-state index contributed by atoms with van der Waals surface area (Å²) in [6.45, 7) is 0. The molecule has 0 amide bonds. The fraction of sp³-hybridized carbons (Fsp3) is 0.333. The van der Waals surface area contributed by atoms with Gasteiger partial charge in [-0.05, 0) is 72.2 Å². The monoisotopic (exact) mass is 346 g/mol. The molecule has 0 radical (unpaired) electrons. The summed E-state index contributed by atoms with van der Waals surface area (Å²) in [6, 6.07) is 17.7. The molecule has 26 heavy (non-hydrogen) atoms. The van der Waals surface area contributed by atoms with Crippen molar-refractivity contribution in [1.29, 1.82) is 0 Å². The van der Waals surface area contributed by atoms with Crippen molar-refractivity contribution in [3.05, 3.63) is 70.8 Å². The molecule has 0 heterocycles. The molecule has 1 fully saturated rings. The molecule has 1 aliphatic carbocycles. The van der Waals surface area contributed by atoms with Crippen molar-refractivity contribution in [2.45, 2.75) is 25.7 Å². The molecule has 0 bridgehead atoms. The molecule has 0 saturated heterocycles. The lowest BCUT2D eigenvalue weighted by Crippen LogP contribution is -2.08. The van der Waals surface area contributed by atoms with Crippen molar-refractivity contribution in [3.63, 3.8) is 0 Å². The summed E-state index contributed by atoms with van der Waals surface area (Å²) in [4.78, 5) is 4.28. The van der Waals surface area contributed by atoms with Gasteiger partial charge in [-0.25, -0.2) is 0 Å². The van der Waals surface area contributed by atoms with Gasteiger partial charge in [0.15, 0.2) is 0 Å². The third kappa shape index (κ3) is 4.57. The molecule has 2 heteroatoms. The van der Waals surface area contributed by atoms with E-state index in [-0.39, 0.29) is 0 Å². The average Bonchev–Trinajstić information content (AvgIpc) is 2.64. The van der Waals surface area contributed by atoms with Crippen LogP contribution in [0.15, 0.2) is 59.7 Å². The highest BCUT2D eigenvalue weighted by Gasteiger charge is 2.12. The lowest BCUT2D eigenvalue weighted by molar-refractivity contribution is 0.685. The highest BCUT2D eigenvalue weighted by atomic mass is 15.1. The summed E-state index contributed by atoms with van der Waals surface area (Å²) in [5.41, 5.74) is 8.05. The van der Waals surface area contributed by atoms with E-state index in [1.165, 1.54) is 59.3 Å². The van der Waals surface area contributed by atoms with E-state index in [4.69, 9.17) is 0 Å². The van der Waals surface area contributed by atoms with E-state index < -0.39 is 0 Å². The molecule has 136 valence electrons. The van der Waals surface area contributed by atoms with Gasteiger partial charge in [-0.1, -0.05) is 36.4 Å². The first-order chi connectivity index (χ1) is 12.5. The zero-order chi connectivity index (χ0) is 18.5.